The maximum absolute atomic E-state index is 14.0. The van der Waals surface area contributed by atoms with Crippen molar-refractivity contribution in [1.29, 1.82) is 0 Å². The zero-order valence-electron chi connectivity index (χ0n) is 16.9. The second-order valence-electron chi connectivity index (χ2n) is 7.91. The van der Waals surface area contributed by atoms with Gasteiger partial charge in [0.1, 0.15) is 5.82 Å². The first-order valence-corrected chi connectivity index (χ1v) is 10.8. The molecule has 2 atom stereocenters. The van der Waals surface area contributed by atoms with Crippen LogP contribution in [-0.2, 0) is 11.3 Å². The number of piperidine rings is 1. The third-order valence-electron chi connectivity index (χ3n) is 6.08. The normalized spacial score (nSPS) is 24.6. The summed E-state index contributed by atoms with van der Waals surface area (Å²) < 4.78 is 14.0. The molecule has 2 aliphatic rings. The molecule has 3 rings (SSSR count). The molecule has 2 heterocycles. The molecule has 0 aliphatic carbocycles. The first kappa shape index (κ1) is 21.5. The number of likely N-dealkylation sites (tertiary alicyclic amines) is 2. The van der Waals surface area contributed by atoms with E-state index in [0.717, 1.165) is 45.4 Å². The maximum atomic E-state index is 14.0. The van der Waals surface area contributed by atoms with E-state index in [2.05, 4.69) is 27.4 Å². The number of likely N-dealkylation sites (N-methyl/N-ethyl adjacent to an activating group) is 1. The summed E-state index contributed by atoms with van der Waals surface area (Å²) in [5, 5.41) is 6.69. The van der Waals surface area contributed by atoms with Crippen LogP contribution in [0.5, 0.6) is 0 Å². The third-order valence-corrected chi connectivity index (χ3v) is 6.44. The van der Waals surface area contributed by atoms with E-state index in [1.807, 2.05) is 0 Å². The van der Waals surface area contributed by atoms with Crippen molar-refractivity contribution >= 4 is 17.5 Å². The standard InChI is InChI=1S/C21H32ClFN4O/c1-3-9-26-10-7-16(8-11-26)27-14-15(12-20(27)21(28)24-2)25-13-17-18(22)5-4-6-19(17)23/h4-6,15-16,20,25H,3,7-14H2,1-2H3,(H,24,28)/t15-,20+/m1/s1. The lowest BCUT2D eigenvalue weighted by atomic mass is 10.0. The quantitative estimate of drug-likeness (QED) is 0.725. The molecule has 2 aliphatic heterocycles. The highest BCUT2D eigenvalue weighted by atomic mass is 35.5. The minimum atomic E-state index is -0.291. The summed E-state index contributed by atoms with van der Waals surface area (Å²) in [6.07, 6.45) is 4.11. The van der Waals surface area contributed by atoms with Crippen molar-refractivity contribution in [1.82, 2.24) is 20.4 Å². The lowest BCUT2D eigenvalue weighted by Crippen LogP contribution is -2.51. The van der Waals surface area contributed by atoms with Crippen LogP contribution in [0.15, 0.2) is 18.2 Å². The molecule has 0 aromatic heterocycles. The molecule has 0 unspecified atom stereocenters. The van der Waals surface area contributed by atoms with Gasteiger partial charge in [0.05, 0.1) is 6.04 Å². The molecule has 0 saturated carbocycles. The fourth-order valence-electron chi connectivity index (χ4n) is 4.58. The van der Waals surface area contributed by atoms with Gasteiger partial charge in [0, 0.05) is 42.8 Å². The van der Waals surface area contributed by atoms with Gasteiger partial charge in [0.25, 0.3) is 0 Å². The van der Waals surface area contributed by atoms with Crippen molar-refractivity contribution in [3.05, 3.63) is 34.6 Å². The fraction of sp³-hybridized carbons (Fsp3) is 0.667. The first-order chi connectivity index (χ1) is 13.5. The van der Waals surface area contributed by atoms with Gasteiger partial charge < -0.3 is 15.5 Å². The Labute approximate surface area is 172 Å². The van der Waals surface area contributed by atoms with Gasteiger partial charge in [-0.3, -0.25) is 9.69 Å². The van der Waals surface area contributed by atoms with Crippen molar-refractivity contribution in [3.8, 4) is 0 Å². The summed E-state index contributed by atoms with van der Waals surface area (Å²) in [7, 11) is 1.70. The Bertz CT molecular complexity index is 646. The van der Waals surface area contributed by atoms with Gasteiger partial charge in [-0.15, -0.1) is 0 Å². The summed E-state index contributed by atoms with van der Waals surface area (Å²) in [6.45, 7) is 6.74. The topological polar surface area (TPSA) is 47.6 Å². The Balaban J connectivity index is 1.62. The average molecular weight is 411 g/mol. The van der Waals surface area contributed by atoms with E-state index in [0.29, 0.717) is 23.2 Å². The van der Waals surface area contributed by atoms with Gasteiger partial charge >= 0.3 is 0 Å². The van der Waals surface area contributed by atoms with Crippen LogP contribution in [0, 0.1) is 5.82 Å². The molecule has 2 fully saturated rings. The zero-order valence-corrected chi connectivity index (χ0v) is 17.6. The summed E-state index contributed by atoms with van der Waals surface area (Å²) >= 11 is 6.15. The van der Waals surface area contributed by atoms with Crippen LogP contribution < -0.4 is 10.6 Å². The predicted molar refractivity (Wildman–Crippen MR) is 111 cm³/mol. The van der Waals surface area contributed by atoms with Gasteiger partial charge in [-0.2, -0.15) is 0 Å². The summed E-state index contributed by atoms with van der Waals surface area (Å²) in [6, 6.07) is 5.21. The number of amides is 1. The second kappa shape index (κ2) is 10.0. The van der Waals surface area contributed by atoms with Crippen LogP contribution in [0.2, 0.25) is 5.02 Å². The molecule has 5 nitrogen and oxygen atoms in total. The smallest absolute Gasteiger partial charge is 0.237 e. The predicted octanol–water partition coefficient (Wildman–Crippen LogP) is 2.63. The van der Waals surface area contributed by atoms with E-state index in [1.165, 1.54) is 12.5 Å². The lowest BCUT2D eigenvalue weighted by Gasteiger charge is -2.38. The molecule has 1 aromatic rings. The first-order valence-electron chi connectivity index (χ1n) is 10.4. The minimum absolute atomic E-state index is 0.0733. The van der Waals surface area contributed by atoms with E-state index in [-0.39, 0.29) is 23.8 Å². The van der Waals surface area contributed by atoms with Crippen molar-refractivity contribution in [2.75, 3.05) is 33.2 Å². The van der Waals surface area contributed by atoms with Gasteiger partial charge in [0.15, 0.2) is 0 Å². The number of benzene rings is 1. The molecule has 28 heavy (non-hydrogen) atoms. The molecule has 1 amide bonds. The van der Waals surface area contributed by atoms with Crippen molar-refractivity contribution in [2.45, 2.75) is 57.3 Å². The van der Waals surface area contributed by atoms with Crippen molar-refractivity contribution in [2.24, 2.45) is 0 Å². The van der Waals surface area contributed by atoms with Crippen molar-refractivity contribution < 1.29 is 9.18 Å². The van der Waals surface area contributed by atoms with E-state index < -0.39 is 0 Å². The van der Waals surface area contributed by atoms with E-state index in [1.54, 1.807) is 19.2 Å². The highest BCUT2D eigenvalue weighted by molar-refractivity contribution is 6.31. The molecule has 0 spiro atoms. The van der Waals surface area contributed by atoms with E-state index in [9.17, 15) is 9.18 Å². The van der Waals surface area contributed by atoms with Gasteiger partial charge in [-0.25, -0.2) is 4.39 Å². The van der Waals surface area contributed by atoms with Crippen LogP contribution >= 0.6 is 11.6 Å². The van der Waals surface area contributed by atoms with Gasteiger partial charge in [0.2, 0.25) is 5.91 Å². The monoisotopic (exact) mass is 410 g/mol. The van der Waals surface area contributed by atoms with E-state index in [4.69, 9.17) is 11.6 Å². The third kappa shape index (κ3) is 5.03. The maximum Gasteiger partial charge on any atom is 0.237 e. The second-order valence-corrected chi connectivity index (χ2v) is 8.32. The number of carbonyl (C=O) groups is 1. The fourth-order valence-corrected chi connectivity index (χ4v) is 4.81. The molecule has 7 heteroatoms. The summed E-state index contributed by atoms with van der Waals surface area (Å²) in [4.78, 5) is 17.4. The molecule has 2 saturated heterocycles. The molecule has 2 N–H and O–H groups in total. The Hall–Kier alpha value is -1.21. The van der Waals surface area contributed by atoms with Gasteiger partial charge in [-0.05, 0) is 57.5 Å². The Kier molecular flexibility index (Phi) is 7.69. The minimum Gasteiger partial charge on any atom is -0.358 e. The highest BCUT2D eigenvalue weighted by Crippen LogP contribution is 2.27. The number of nitrogens with one attached hydrogen (secondary N) is 2. The highest BCUT2D eigenvalue weighted by Gasteiger charge is 2.40. The molecule has 1 aromatic carbocycles. The number of nitrogens with zero attached hydrogens (tertiary/aromatic N) is 2. The average Bonchev–Trinajstić information content (AvgIpc) is 3.12. The van der Waals surface area contributed by atoms with Crippen LogP contribution in [0.25, 0.3) is 0 Å². The number of hydrogen-bond donors (Lipinski definition) is 2. The van der Waals surface area contributed by atoms with Crippen molar-refractivity contribution in [3.63, 3.8) is 0 Å². The zero-order chi connectivity index (χ0) is 20.1. The van der Waals surface area contributed by atoms with E-state index >= 15 is 0 Å². The summed E-state index contributed by atoms with van der Waals surface area (Å²) in [5.74, 6) is -0.217. The molecule has 0 bridgehead atoms. The molecule has 156 valence electrons. The number of hydrogen-bond acceptors (Lipinski definition) is 4. The molecule has 0 radical (unpaired) electrons. The van der Waals surface area contributed by atoms with Gasteiger partial charge in [-0.1, -0.05) is 24.6 Å². The largest absolute Gasteiger partial charge is 0.358 e. The van der Waals surface area contributed by atoms with Crippen LogP contribution in [0.1, 0.15) is 38.2 Å². The molecular weight excluding hydrogens is 379 g/mol. The summed E-state index contributed by atoms with van der Waals surface area (Å²) in [5.41, 5.74) is 0.493. The Morgan fingerprint density at radius 3 is 2.71 bits per heavy atom. The molecular formula is C21H32ClFN4O. The number of rotatable bonds is 7. The van der Waals surface area contributed by atoms with Crippen LogP contribution in [0.3, 0.4) is 0 Å². The lowest BCUT2D eigenvalue weighted by molar-refractivity contribution is -0.126. The number of carbonyl (C=O) groups excluding carboxylic acids is 1. The Morgan fingerprint density at radius 1 is 1.32 bits per heavy atom. The Morgan fingerprint density at radius 2 is 2.07 bits per heavy atom. The number of halogens is 2. The van der Waals surface area contributed by atoms with Crippen LogP contribution in [0.4, 0.5) is 4.39 Å². The van der Waals surface area contributed by atoms with Crippen LogP contribution in [-0.4, -0.2) is 67.1 Å². The SMILES string of the molecule is CCCN1CCC(N2C[C@H](NCc3c(F)cccc3Cl)C[C@H]2C(=O)NC)CC1.